The van der Waals surface area contributed by atoms with Gasteiger partial charge in [-0.2, -0.15) is 4.31 Å². The van der Waals surface area contributed by atoms with Crippen LogP contribution >= 0.6 is 23.2 Å². The molecule has 1 aliphatic heterocycles. The molecular weight excluding hydrogens is 585 g/mol. The number of amides is 1. The van der Waals surface area contributed by atoms with E-state index >= 15 is 0 Å². The van der Waals surface area contributed by atoms with Gasteiger partial charge in [0.05, 0.1) is 32.1 Å². The number of hydrogen-bond donors (Lipinski definition) is 1. The number of anilines is 1. The van der Waals surface area contributed by atoms with Crippen LogP contribution in [-0.2, 0) is 24.8 Å². The molecule has 0 spiro atoms. The number of nitrogens with zero attached hydrogens (tertiary/aromatic N) is 2. The van der Waals surface area contributed by atoms with Crippen LogP contribution in [0.1, 0.15) is 12.8 Å². The molecule has 0 unspecified atom stereocenters. The highest BCUT2D eigenvalue weighted by molar-refractivity contribution is 7.92. The van der Waals surface area contributed by atoms with E-state index in [1.807, 2.05) is 0 Å². The van der Waals surface area contributed by atoms with Crippen molar-refractivity contribution in [1.29, 1.82) is 0 Å². The van der Waals surface area contributed by atoms with Crippen molar-refractivity contribution in [2.75, 3.05) is 37.1 Å². The van der Waals surface area contributed by atoms with Gasteiger partial charge >= 0.3 is 0 Å². The Bertz CT molecular complexity index is 1510. The molecule has 3 aromatic carbocycles. The van der Waals surface area contributed by atoms with E-state index in [-0.39, 0.29) is 38.7 Å². The first-order valence-corrected chi connectivity index (χ1v) is 15.8. The quantitative estimate of drug-likeness (QED) is 0.326. The van der Waals surface area contributed by atoms with Crippen LogP contribution < -0.4 is 14.4 Å². The van der Waals surface area contributed by atoms with Crippen molar-refractivity contribution in [3.63, 3.8) is 0 Å². The van der Waals surface area contributed by atoms with E-state index in [0.717, 1.165) is 17.1 Å². The van der Waals surface area contributed by atoms with Crippen molar-refractivity contribution in [1.82, 2.24) is 9.62 Å². The number of sulfonamides is 2. The molecule has 0 bridgehead atoms. The number of ether oxygens (including phenoxy) is 1. The summed E-state index contributed by atoms with van der Waals surface area (Å²) >= 11 is 12.1. The Balaban J connectivity index is 1.36. The molecule has 208 valence electrons. The van der Waals surface area contributed by atoms with Gasteiger partial charge in [0.25, 0.3) is 10.0 Å². The van der Waals surface area contributed by atoms with E-state index in [4.69, 9.17) is 27.9 Å². The molecule has 9 nitrogen and oxygen atoms in total. The monoisotopic (exact) mass is 611 g/mol. The molecule has 1 fully saturated rings. The summed E-state index contributed by atoms with van der Waals surface area (Å²) in [5, 5.41) is 3.04. The van der Waals surface area contributed by atoms with E-state index < -0.39 is 32.5 Å². The second-order valence-corrected chi connectivity index (χ2v) is 13.3. The minimum Gasteiger partial charge on any atom is -0.492 e. The molecule has 0 aromatic heterocycles. The molecule has 4 rings (SSSR count). The molecule has 1 N–H and O–H groups in total. The number of halogens is 2. The molecule has 0 saturated carbocycles. The number of benzene rings is 3. The van der Waals surface area contributed by atoms with Crippen LogP contribution in [0.25, 0.3) is 0 Å². The fourth-order valence-electron chi connectivity index (χ4n) is 4.01. The lowest BCUT2D eigenvalue weighted by molar-refractivity contribution is -0.119. The van der Waals surface area contributed by atoms with Crippen LogP contribution in [0.15, 0.2) is 82.6 Å². The maximum absolute atomic E-state index is 13.4. The molecule has 1 saturated heterocycles. The fourth-order valence-corrected chi connectivity index (χ4v) is 7.25. The smallest absolute Gasteiger partial charge is 0.264 e. The van der Waals surface area contributed by atoms with Crippen molar-refractivity contribution < 1.29 is 26.4 Å². The second-order valence-electron chi connectivity index (χ2n) is 8.70. The predicted octanol–water partition coefficient (Wildman–Crippen LogP) is 4.17. The zero-order valence-electron chi connectivity index (χ0n) is 20.8. The van der Waals surface area contributed by atoms with Gasteiger partial charge in [0.15, 0.2) is 0 Å². The molecule has 1 amide bonds. The lowest BCUT2D eigenvalue weighted by Gasteiger charge is -2.24. The Morgan fingerprint density at radius 2 is 1.54 bits per heavy atom. The lowest BCUT2D eigenvalue weighted by Crippen LogP contribution is -2.41. The van der Waals surface area contributed by atoms with Gasteiger partial charge in [-0.05, 0) is 67.4 Å². The number of carbonyl (C=O) groups excluding carboxylic acids is 1. The first kappa shape index (κ1) is 29.2. The Hall–Kier alpha value is -2.83. The number of nitrogens with one attached hydrogen (secondary N) is 1. The van der Waals surface area contributed by atoms with Gasteiger partial charge in [-0.15, -0.1) is 0 Å². The highest BCUT2D eigenvalue weighted by Gasteiger charge is 2.28. The number of carbonyl (C=O) groups is 1. The van der Waals surface area contributed by atoms with Crippen molar-refractivity contribution in [3.8, 4) is 5.75 Å². The van der Waals surface area contributed by atoms with Gasteiger partial charge in [-0.3, -0.25) is 9.10 Å². The average molecular weight is 613 g/mol. The standard InChI is InChI=1S/C26H27Cl2N3O6S2/c27-24-13-8-20(18-25(24)28)31(39(35,36)22-6-2-1-3-7-22)19-26(32)29-14-17-37-21-9-11-23(12-10-21)38(33,34)30-15-4-5-16-30/h1-3,6-13,18H,4-5,14-17,19H2,(H,29,32). The van der Waals surface area contributed by atoms with E-state index in [1.54, 1.807) is 30.3 Å². The summed E-state index contributed by atoms with van der Waals surface area (Å²) in [7, 11) is -7.60. The first-order valence-electron chi connectivity index (χ1n) is 12.1. The predicted molar refractivity (Wildman–Crippen MR) is 150 cm³/mol. The third-order valence-electron chi connectivity index (χ3n) is 6.03. The lowest BCUT2D eigenvalue weighted by atomic mass is 10.3. The maximum Gasteiger partial charge on any atom is 0.264 e. The van der Waals surface area contributed by atoms with Crippen molar-refractivity contribution >= 4 is 54.8 Å². The zero-order valence-corrected chi connectivity index (χ0v) is 23.9. The molecule has 39 heavy (non-hydrogen) atoms. The summed E-state index contributed by atoms with van der Waals surface area (Å²) in [4.78, 5) is 13.0. The Labute approximate surface area is 238 Å². The van der Waals surface area contributed by atoms with Gasteiger partial charge < -0.3 is 10.1 Å². The molecule has 13 heteroatoms. The van der Waals surface area contributed by atoms with Crippen LogP contribution in [0, 0.1) is 0 Å². The topological polar surface area (TPSA) is 113 Å². The molecule has 1 aliphatic rings. The zero-order chi connectivity index (χ0) is 28.0. The number of hydrogen-bond acceptors (Lipinski definition) is 6. The first-order chi connectivity index (χ1) is 18.6. The van der Waals surface area contributed by atoms with Crippen LogP contribution in [0.3, 0.4) is 0 Å². The van der Waals surface area contributed by atoms with Crippen LogP contribution in [-0.4, -0.2) is 59.8 Å². The largest absolute Gasteiger partial charge is 0.492 e. The minimum absolute atomic E-state index is 0.0161. The maximum atomic E-state index is 13.4. The molecule has 0 aliphatic carbocycles. The fraction of sp³-hybridized carbons (Fsp3) is 0.269. The minimum atomic E-state index is -4.09. The Kier molecular flexibility index (Phi) is 9.39. The third kappa shape index (κ3) is 7.03. The van der Waals surface area contributed by atoms with Gasteiger partial charge in [-0.25, -0.2) is 16.8 Å². The van der Waals surface area contributed by atoms with Crippen LogP contribution in [0.5, 0.6) is 5.75 Å². The van der Waals surface area contributed by atoms with E-state index in [0.29, 0.717) is 18.8 Å². The van der Waals surface area contributed by atoms with Gasteiger partial charge in [-0.1, -0.05) is 41.4 Å². The summed E-state index contributed by atoms with van der Waals surface area (Å²) in [6, 6.07) is 18.2. The van der Waals surface area contributed by atoms with Crippen molar-refractivity contribution in [2.45, 2.75) is 22.6 Å². The summed E-state index contributed by atoms with van der Waals surface area (Å²) in [5.74, 6) is -0.120. The van der Waals surface area contributed by atoms with Crippen molar-refractivity contribution in [2.24, 2.45) is 0 Å². The summed E-state index contributed by atoms with van der Waals surface area (Å²) in [5.41, 5.74) is 0.184. The normalized spacial score (nSPS) is 14.2. The molecule has 0 radical (unpaired) electrons. The number of rotatable bonds is 11. The summed E-state index contributed by atoms with van der Waals surface area (Å²) < 4.78 is 60.1. The van der Waals surface area contributed by atoms with E-state index in [2.05, 4.69) is 5.32 Å². The van der Waals surface area contributed by atoms with E-state index in [9.17, 15) is 21.6 Å². The van der Waals surface area contributed by atoms with Crippen LogP contribution in [0.4, 0.5) is 5.69 Å². The molecular formula is C26H27Cl2N3O6S2. The SMILES string of the molecule is O=C(CN(c1ccc(Cl)c(Cl)c1)S(=O)(=O)c1ccccc1)NCCOc1ccc(S(=O)(=O)N2CCCC2)cc1. The molecule has 0 atom stereocenters. The highest BCUT2D eigenvalue weighted by atomic mass is 35.5. The molecule has 1 heterocycles. The third-order valence-corrected chi connectivity index (χ3v) is 10.5. The van der Waals surface area contributed by atoms with Crippen molar-refractivity contribution in [3.05, 3.63) is 82.8 Å². The Morgan fingerprint density at radius 3 is 2.18 bits per heavy atom. The summed E-state index contributed by atoms with van der Waals surface area (Å²) in [6.07, 6.45) is 1.71. The van der Waals surface area contributed by atoms with Gasteiger partial charge in [0, 0.05) is 13.1 Å². The van der Waals surface area contributed by atoms with Gasteiger partial charge in [0.2, 0.25) is 15.9 Å². The average Bonchev–Trinajstić information content (AvgIpc) is 3.48. The van der Waals surface area contributed by atoms with Gasteiger partial charge in [0.1, 0.15) is 18.9 Å². The molecule has 3 aromatic rings. The van der Waals surface area contributed by atoms with Crippen LogP contribution in [0.2, 0.25) is 10.0 Å². The van der Waals surface area contributed by atoms with E-state index in [1.165, 1.54) is 46.8 Å². The summed E-state index contributed by atoms with van der Waals surface area (Å²) in [6.45, 7) is 0.721. The highest BCUT2D eigenvalue weighted by Crippen LogP contribution is 2.30. The second kappa shape index (κ2) is 12.6. The Morgan fingerprint density at radius 1 is 0.872 bits per heavy atom.